The maximum absolute atomic E-state index is 5.70. The molecule has 0 radical (unpaired) electrons. The number of nitrogens with zero attached hydrogens (tertiary/aromatic N) is 1. The van der Waals surface area contributed by atoms with E-state index in [4.69, 9.17) is 22.7 Å². The molecule has 0 unspecified atom stereocenters. The monoisotopic (exact) mass is 251 g/mol. The fourth-order valence-electron chi connectivity index (χ4n) is 1.90. The molecule has 5 heteroatoms. The van der Waals surface area contributed by atoms with Gasteiger partial charge in [0.05, 0.1) is 5.56 Å². The fraction of sp³-hybridized carbons (Fsp3) is 0.500. The smallest absolute Gasteiger partial charge is 0.136 e. The Morgan fingerprint density at radius 2 is 2.18 bits per heavy atom. The lowest BCUT2D eigenvalue weighted by Gasteiger charge is -2.24. The second-order valence-electron chi connectivity index (χ2n) is 4.24. The van der Waals surface area contributed by atoms with Crippen molar-refractivity contribution in [2.24, 2.45) is 5.73 Å². The second kappa shape index (κ2) is 5.42. The first kappa shape index (κ1) is 12.3. The molecule has 0 atom stereocenters. The van der Waals surface area contributed by atoms with Crippen LogP contribution in [0.4, 0.5) is 5.82 Å². The molecule has 1 fully saturated rings. The minimum absolute atomic E-state index is 0.382. The van der Waals surface area contributed by atoms with Crippen molar-refractivity contribution < 1.29 is 4.74 Å². The minimum atomic E-state index is 0.382. The van der Waals surface area contributed by atoms with E-state index in [-0.39, 0.29) is 0 Å². The van der Waals surface area contributed by atoms with Crippen LogP contribution < -0.4 is 11.1 Å². The number of pyridine rings is 1. The van der Waals surface area contributed by atoms with Crippen LogP contribution >= 0.6 is 12.2 Å². The Labute approximate surface area is 107 Å². The average Bonchev–Trinajstić information content (AvgIpc) is 2.30. The summed E-state index contributed by atoms with van der Waals surface area (Å²) in [5.41, 5.74) is 7.47. The molecular weight excluding hydrogens is 234 g/mol. The van der Waals surface area contributed by atoms with Crippen LogP contribution in [0.5, 0.6) is 0 Å². The Morgan fingerprint density at radius 1 is 1.47 bits per heavy atom. The van der Waals surface area contributed by atoms with Crippen molar-refractivity contribution in [1.29, 1.82) is 0 Å². The number of ether oxygens (including phenoxy) is 1. The van der Waals surface area contributed by atoms with Crippen molar-refractivity contribution in [2.75, 3.05) is 18.5 Å². The molecule has 92 valence electrons. The lowest BCUT2D eigenvalue weighted by molar-refractivity contribution is 0.0904. The van der Waals surface area contributed by atoms with Crippen LogP contribution in [-0.2, 0) is 4.74 Å². The van der Waals surface area contributed by atoms with Gasteiger partial charge in [-0.15, -0.1) is 0 Å². The molecule has 4 nitrogen and oxygen atoms in total. The highest BCUT2D eigenvalue weighted by Crippen LogP contribution is 2.18. The van der Waals surface area contributed by atoms with Crippen LogP contribution in [0.3, 0.4) is 0 Å². The molecule has 0 amide bonds. The topological polar surface area (TPSA) is 60.2 Å². The predicted molar refractivity (Wildman–Crippen MR) is 72.3 cm³/mol. The third-order valence-electron chi connectivity index (χ3n) is 2.86. The van der Waals surface area contributed by atoms with Crippen LogP contribution in [0.2, 0.25) is 0 Å². The maximum atomic E-state index is 5.70. The van der Waals surface area contributed by atoms with E-state index in [1.54, 1.807) is 0 Å². The van der Waals surface area contributed by atoms with Gasteiger partial charge in [-0.1, -0.05) is 12.2 Å². The van der Waals surface area contributed by atoms with Gasteiger partial charge in [-0.2, -0.15) is 0 Å². The van der Waals surface area contributed by atoms with E-state index in [1.807, 2.05) is 19.1 Å². The van der Waals surface area contributed by atoms with E-state index in [0.717, 1.165) is 43.1 Å². The van der Waals surface area contributed by atoms with Gasteiger partial charge in [-0.25, -0.2) is 4.98 Å². The van der Waals surface area contributed by atoms with Gasteiger partial charge in [-0.05, 0) is 31.9 Å². The van der Waals surface area contributed by atoms with Crippen molar-refractivity contribution in [2.45, 2.75) is 25.8 Å². The molecule has 0 saturated carbocycles. The second-order valence-corrected chi connectivity index (χ2v) is 4.68. The summed E-state index contributed by atoms with van der Waals surface area (Å²) in [6, 6.07) is 4.24. The molecular formula is C12H17N3OS. The summed E-state index contributed by atoms with van der Waals surface area (Å²) in [4.78, 5) is 4.85. The van der Waals surface area contributed by atoms with E-state index < -0.39 is 0 Å². The lowest BCUT2D eigenvalue weighted by atomic mass is 10.1. The standard InChI is InChI=1S/C12H17N3OS/c1-8-2-3-10(11(13)17)12(14-8)15-9-4-6-16-7-5-9/h2-3,9H,4-7H2,1H3,(H2,13,17)(H,14,15). The molecule has 2 rings (SSSR count). The number of nitrogens with two attached hydrogens (primary N) is 1. The quantitative estimate of drug-likeness (QED) is 0.799. The molecule has 1 aliphatic heterocycles. The zero-order valence-electron chi connectivity index (χ0n) is 9.90. The Balaban J connectivity index is 2.17. The molecule has 1 saturated heterocycles. The highest BCUT2D eigenvalue weighted by molar-refractivity contribution is 7.80. The average molecular weight is 251 g/mol. The molecule has 0 bridgehead atoms. The first-order valence-electron chi connectivity index (χ1n) is 5.78. The van der Waals surface area contributed by atoms with Gasteiger partial charge in [0.25, 0.3) is 0 Å². The number of thiocarbonyl (C=S) groups is 1. The summed E-state index contributed by atoms with van der Waals surface area (Å²) < 4.78 is 5.33. The molecule has 0 aliphatic carbocycles. The molecule has 0 aromatic carbocycles. The molecule has 0 spiro atoms. The first-order valence-corrected chi connectivity index (χ1v) is 6.19. The van der Waals surface area contributed by atoms with Crippen LogP contribution in [0.15, 0.2) is 12.1 Å². The normalized spacial score (nSPS) is 16.8. The Kier molecular flexibility index (Phi) is 3.91. The summed E-state index contributed by atoms with van der Waals surface area (Å²) >= 11 is 5.03. The van der Waals surface area contributed by atoms with Crippen LogP contribution in [0, 0.1) is 6.92 Å². The van der Waals surface area contributed by atoms with Crippen molar-refractivity contribution in [3.05, 3.63) is 23.4 Å². The number of aryl methyl sites for hydroxylation is 1. The largest absolute Gasteiger partial charge is 0.389 e. The fourth-order valence-corrected chi connectivity index (χ4v) is 2.07. The van der Waals surface area contributed by atoms with Gasteiger partial charge in [0.1, 0.15) is 10.8 Å². The van der Waals surface area contributed by atoms with Gasteiger partial charge >= 0.3 is 0 Å². The zero-order valence-corrected chi connectivity index (χ0v) is 10.7. The number of anilines is 1. The summed E-state index contributed by atoms with van der Waals surface area (Å²) in [6.45, 7) is 3.55. The summed E-state index contributed by atoms with van der Waals surface area (Å²) in [6.07, 6.45) is 1.98. The van der Waals surface area contributed by atoms with Gasteiger partial charge in [0.2, 0.25) is 0 Å². The summed E-state index contributed by atoms with van der Waals surface area (Å²) in [7, 11) is 0. The van der Waals surface area contributed by atoms with Crippen molar-refractivity contribution in [3.63, 3.8) is 0 Å². The Morgan fingerprint density at radius 3 is 2.82 bits per heavy atom. The molecule has 17 heavy (non-hydrogen) atoms. The van der Waals surface area contributed by atoms with Crippen LogP contribution in [0.1, 0.15) is 24.1 Å². The van der Waals surface area contributed by atoms with E-state index in [2.05, 4.69) is 10.3 Å². The molecule has 1 aromatic rings. The molecule has 3 N–H and O–H groups in total. The zero-order chi connectivity index (χ0) is 12.3. The van der Waals surface area contributed by atoms with Crippen molar-refractivity contribution in [3.8, 4) is 0 Å². The van der Waals surface area contributed by atoms with Crippen LogP contribution in [-0.4, -0.2) is 29.2 Å². The van der Waals surface area contributed by atoms with E-state index in [9.17, 15) is 0 Å². The Hall–Kier alpha value is -1.20. The first-order chi connectivity index (χ1) is 8.16. The predicted octanol–water partition coefficient (Wildman–Crippen LogP) is 1.62. The Bertz CT molecular complexity index is 416. The molecule has 1 aliphatic rings. The summed E-state index contributed by atoms with van der Waals surface area (Å²) in [5, 5.41) is 3.41. The van der Waals surface area contributed by atoms with Gasteiger partial charge in [0.15, 0.2) is 0 Å². The number of nitrogens with one attached hydrogen (secondary N) is 1. The van der Waals surface area contributed by atoms with Crippen LogP contribution in [0.25, 0.3) is 0 Å². The van der Waals surface area contributed by atoms with Crippen molar-refractivity contribution >= 4 is 23.0 Å². The summed E-state index contributed by atoms with van der Waals surface area (Å²) in [5.74, 6) is 0.796. The molecule has 2 heterocycles. The highest BCUT2D eigenvalue weighted by Gasteiger charge is 2.16. The maximum Gasteiger partial charge on any atom is 0.136 e. The number of aromatic nitrogens is 1. The number of hydrogen-bond acceptors (Lipinski definition) is 4. The highest BCUT2D eigenvalue weighted by atomic mass is 32.1. The van der Waals surface area contributed by atoms with Gasteiger partial charge < -0.3 is 15.8 Å². The number of rotatable bonds is 3. The van der Waals surface area contributed by atoms with E-state index in [1.165, 1.54) is 0 Å². The van der Waals surface area contributed by atoms with E-state index >= 15 is 0 Å². The third kappa shape index (κ3) is 3.14. The van der Waals surface area contributed by atoms with Crippen molar-refractivity contribution in [1.82, 2.24) is 4.98 Å². The number of hydrogen-bond donors (Lipinski definition) is 2. The molecule has 1 aromatic heterocycles. The van der Waals surface area contributed by atoms with Gasteiger partial charge in [-0.3, -0.25) is 0 Å². The van der Waals surface area contributed by atoms with E-state index in [0.29, 0.717) is 11.0 Å². The lowest BCUT2D eigenvalue weighted by Crippen LogP contribution is -2.29. The SMILES string of the molecule is Cc1ccc(C(N)=S)c(NC2CCOCC2)n1. The van der Waals surface area contributed by atoms with Gasteiger partial charge in [0, 0.05) is 24.9 Å². The third-order valence-corrected chi connectivity index (χ3v) is 3.08. The minimum Gasteiger partial charge on any atom is -0.389 e.